The minimum absolute atomic E-state index is 0.0764. The number of rotatable bonds is 10. The molecular weight excluding hydrogens is 510 g/mol. The predicted molar refractivity (Wildman–Crippen MR) is 138 cm³/mol. The van der Waals surface area contributed by atoms with Crippen molar-refractivity contribution in [3.05, 3.63) is 58.6 Å². The molecular formula is C25H26ClNO8S. The zero-order valence-corrected chi connectivity index (χ0v) is 21.9. The maximum Gasteiger partial charge on any atom is 0.262 e. The molecule has 3 rings (SSSR count). The van der Waals surface area contributed by atoms with Gasteiger partial charge in [-0.15, -0.1) is 0 Å². The van der Waals surface area contributed by atoms with Gasteiger partial charge in [-0.1, -0.05) is 23.8 Å². The second kappa shape index (κ2) is 11.3. The second-order valence-electron chi connectivity index (χ2n) is 7.31. The molecule has 9 nitrogen and oxygen atoms in total. The lowest BCUT2D eigenvalue weighted by molar-refractivity contribution is 0.324. The van der Waals surface area contributed by atoms with E-state index >= 15 is 0 Å². The molecule has 2 N–H and O–H groups in total. The molecule has 0 aromatic heterocycles. The van der Waals surface area contributed by atoms with E-state index in [-0.39, 0.29) is 27.1 Å². The SMILES string of the molecule is COc1ccc(S(=O)(=O)Nc2cc(/C=C\c3cc(OC)c(OC)c(OC)c3)cc(OC)c2O)cc1Cl. The molecule has 0 unspecified atom stereocenters. The molecule has 0 aliphatic heterocycles. The summed E-state index contributed by atoms with van der Waals surface area (Å²) >= 11 is 6.08. The van der Waals surface area contributed by atoms with Gasteiger partial charge in [-0.2, -0.15) is 0 Å². The third-order valence-corrected chi connectivity index (χ3v) is 6.81. The van der Waals surface area contributed by atoms with Crippen LogP contribution in [-0.4, -0.2) is 49.1 Å². The summed E-state index contributed by atoms with van der Waals surface area (Å²) in [7, 11) is 3.25. The number of hydrogen-bond donors (Lipinski definition) is 2. The molecule has 0 heterocycles. The van der Waals surface area contributed by atoms with Crippen LogP contribution in [0.15, 0.2) is 47.4 Å². The summed E-state index contributed by atoms with van der Waals surface area (Å²) in [5.74, 6) is 1.45. The van der Waals surface area contributed by atoms with Crippen molar-refractivity contribution in [2.75, 3.05) is 40.3 Å². The number of methoxy groups -OCH3 is 5. The van der Waals surface area contributed by atoms with Crippen LogP contribution in [0.25, 0.3) is 12.2 Å². The van der Waals surface area contributed by atoms with E-state index in [9.17, 15) is 13.5 Å². The van der Waals surface area contributed by atoms with Crippen LogP contribution in [0, 0.1) is 0 Å². The lowest BCUT2D eigenvalue weighted by Crippen LogP contribution is -2.13. The van der Waals surface area contributed by atoms with Crippen molar-refractivity contribution in [3.8, 4) is 34.5 Å². The Hall–Kier alpha value is -3.76. The zero-order valence-electron chi connectivity index (χ0n) is 20.3. The summed E-state index contributed by atoms with van der Waals surface area (Å²) in [6, 6.07) is 10.6. The Morgan fingerprint density at radius 1 is 0.750 bits per heavy atom. The van der Waals surface area contributed by atoms with E-state index in [1.807, 2.05) is 0 Å². The number of sulfonamides is 1. The van der Waals surface area contributed by atoms with Gasteiger partial charge >= 0.3 is 0 Å². The Morgan fingerprint density at radius 2 is 1.28 bits per heavy atom. The fraction of sp³-hybridized carbons (Fsp3) is 0.200. The van der Waals surface area contributed by atoms with Gasteiger partial charge in [0.2, 0.25) is 5.75 Å². The summed E-state index contributed by atoms with van der Waals surface area (Å²) in [4.78, 5) is -0.106. The normalized spacial score (nSPS) is 11.3. The maximum atomic E-state index is 13.0. The van der Waals surface area contributed by atoms with E-state index < -0.39 is 10.0 Å². The van der Waals surface area contributed by atoms with Crippen LogP contribution < -0.4 is 28.4 Å². The fourth-order valence-electron chi connectivity index (χ4n) is 3.37. The number of phenols is 1. The molecule has 3 aromatic rings. The van der Waals surface area contributed by atoms with Crippen molar-refractivity contribution in [2.45, 2.75) is 4.90 Å². The van der Waals surface area contributed by atoms with Crippen LogP contribution in [0.2, 0.25) is 5.02 Å². The predicted octanol–water partition coefficient (Wildman–Crippen LogP) is 5.06. The maximum absolute atomic E-state index is 13.0. The van der Waals surface area contributed by atoms with Gasteiger partial charge in [-0.3, -0.25) is 4.72 Å². The van der Waals surface area contributed by atoms with E-state index in [0.717, 1.165) is 5.56 Å². The monoisotopic (exact) mass is 535 g/mol. The highest BCUT2D eigenvalue weighted by atomic mass is 35.5. The number of phenolic OH excluding ortho intramolecular Hbond substituents is 1. The Bertz CT molecular complexity index is 1360. The molecule has 36 heavy (non-hydrogen) atoms. The van der Waals surface area contributed by atoms with Crippen molar-refractivity contribution in [1.82, 2.24) is 0 Å². The van der Waals surface area contributed by atoms with Gasteiger partial charge in [0.15, 0.2) is 23.0 Å². The van der Waals surface area contributed by atoms with Crippen LogP contribution in [-0.2, 0) is 10.0 Å². The topological polar surface area (TPSA) is 113 Å². The van der Waals surface area contributed by atoms with Crippen molar-refractivity contribution >= 4 is 39.5 Å². The smallest absolute Gasteiger partial charge is 0.262 e. The summed E-state index contributed by atoms with van der Waals surface area (Å²) in [5, 5.41) is 10.7. The van der Waals surface area contributed by atoms with E-state index in [1.165, 1.54) is 59.8 Å². The van der Waals surface area contributed by atoms with Crippen LogP contribution in [0.3, 0.4) is 0 Å². The van der Waals surface area contributed by atoms with Crippen LogP contribution in [0.4, 0.5) is 5.69 Å². The summed E-state index contributed by atoms with van der Waals surface area (Å²) < 4.78 is 54.7. The first-order valence-electron chi connectivity index (χ1n) is 10.4. The first kappa shape index (κ1) is 26.8. The molecule has 192 valence electrons. The molecule has 0 aliphatic carbocycles. The minimum atomic E-state index is -4.09. The first-order chi connectivity index (χ1) is 17.2. The lowest BCUT2D eigenvalue weighted by Gasteiger charge is -2.14. The van der Waals surface area contributed by atoms with Crippen LogP contribution >= 0.6 is 11.6 Å². The minimum Gasteiger partial charge on any atom is -0.503 e. The highest BCUT2D eigenvalue weighted by molar-refractivity contribution is 7.92. The summed E-state index contributed by atoms with van der Waals surface area (Å²) in [6.07, 6.45) is 3.47. The number of benzene rings is 3. The average Bonchev–Trinajstić information content (AvgIpc) is 2.87. The quantitative estimate of drug-likeness (QED) is 0.274. The average molecular weight is 536 g/mol. The second-order valence-corrected chi connectivity index (χ2v) is 9.40. The number of aromatic hydroxyl groups is 1. The summed E-state index contributed by atoms with van der Waals surface area (Å²) in [5.41, 5.74) is 1.20. The summed E-state index contributed by atoms with van der Waals surface area (Å²) in [6.45, 7) is 0. The van der Waals surface area contributed by atoms with Gasteiger partial charge in [-0.05, 0) is 53.6 Å². The van der Waals surface area contributed by atoms with Crippen molar-refractivity contribution in [2.24, 2.45) is 0 Å². The number of hydrogen-bond acceptors (Lipinski definition) is 8. The van der Waals surface area contributed by atoms with Crippen molar-refractivity contribution < 1.29 is 37.2 Å². The number of ether oxygens (including phenoxy) is 5. The van der Waals surface area contributed by atoms with E-state index in [4.69, 9.17) is 35.3 Å². The zero-order chi connectivity index (χ0) is 26.5. The number of nitrogens with one attached hydrogen (secondary N) is 1. The number of anilines is 1. The lowest BCUT2D eigenvalue weighted by atomic mass is 10.1. The fourth-order valence-corrected chi connectivity index (χ4v) is 4.77. The standard InChI is InChI=1S/C25H26ClNO8S/c1-31-20-9-8-17(14-18(20)26)36(29,30)27-19-10-15(11-21(32-2)24(19)28)6-7-16-12-22(33-3)25(35-5)23(13-16)34-4/h6-14,27-28H,1-5H3/b7-6-. The Morgan fingerprint density at radius 3 is 1.78 bits per heavy atom. The van der Waals surface area contributed by atoms with Crippen molar-refractivity contribution in [3.63, 3.8) is 0 Å². The van der Waals surface area contributed by atoms with Gasteiger partial charge in [-0.25, -0.2) is 8.42 Å². The van der Waals surface area contributed by atoms with Gasteiger partial charge in [0.1, 0.15) is 5.75 Å². The van der Waals surface area contributed by atoms with E-state index in [2.05, 4.69) is 4.72 Å². The van der Waals surface area contributed by atoms with E-state index in [1.54, 1.807) is 30.4 Å². The molecule has 0 amide bonds. The third kappa shape index (κ3) is 5.72. The Balaban J connectivity index is 1.99. The molecule has 0 saturated heterocycles. The van der Waals surface area contributed by atoms with E-state index in [0.29, 0.717) is 28.6 Å². The van der Waals surface area contributed by atoms with Gasteiger partial charge in [0.05, 0.1) is 51.2 Å². The van der Waals surface area contributed by atoms with Crippen LogP contribution in [0.5, 0.6) is 34.5 Å². The molecule has 0 radical (unpaired) electrons. The third-order valence-electron chi connectivity index (χ3n) is 5.15. The largest absolute Gasteiger partial charge is 0.503 e. The molecule has 0 atom stereocenters. The number of halogens is 1. The molecule has 0 saturated carbocycles. The Kier molecular flexibility index (Phi) is 8.44. The van der Waals surface area contributed by atoms with Crippen LogP contribution in [0.1, 0.15) is 11.1 Å². The first-order valence-corrected chi connectivity index (χ1v) is 12.3. The molecule has 11 heteroatoms. The molecule has 0 spiro atoms. The highest BCUT2D eigenvalue weighted by Gasteiger charge is 2.20. The Labute approximate surface area is 214 Å². The van der Waals surface area contributed by atoms with Gasteiger partial charge < -0.3 is 28.8 Å². The highest BCUT2D eigenvalue weighted by Crippen LogP contribution is 2.40. The molecule has 3 aromatic carbocycles. The molecule has 0 aliphatic rings. The van der Waals surface area contributed by atoms with Gasteiger partial charge in [0.25, 0.3) is 10.0 Å². The van der Waals surface area contributed by atoms with Gasteiger partial charge in [0, 0.05) is 0 Å². The molecule has 0 bridgehead atoms. The molecule has 0 fully saturated rings. The van der Waals surface area contributed by atoms with Crippen molar-refractivity contribution in [1.29, 1.82) is 0 Å².